The van der Waals surface area contributed by atoms with Crippen molar-refractivity contribution in [3.63, 3.8) is 0 Å². The Kier molecular flexibility index (Phi) is 6.86. The smallest absolute Gasteiger partial charge is 0.272 e. The first-order valence-electron chi connectivity index (χ1n) is 9.33. The average molecular weight is 428 g/mol. The Morgan fingerprint density at radius 3 is 2.43 bits per heavy atom. The van der Waals surface area contributed by atoms with E-state index >= 15 is 0 Å². The van der Waals surface area contributed by atoms with Crippen LogP contribution >= 0.6 is 11.8 Å². The lowest BCUT2D eigenvalue weighted by atomic mass is 10.1. The van der Waals surface area contributed by atoms with Gasteiger partial charge < -0.3 is 9.84 Å². The van der Waals surface area contributed by atoms with Crippen molar-refractivity contribution in [1.29, 1.82) is 0 Å². The molecule has 1 N–H and O–H groups in total. The minimum absolute atomic E-state index is 0.115. The maximum atomic E-state index is 13.3. The molecule has 1 heterocycles. The van der Waals surface area contributed by atoms with Gasteiger partial charge in [-0.05, 0) is 36.2 Å². The first-order chi connectivity index (χ1) is 14.5. The molecular formula is C21H20N2O6S. The predicted molar refractivity (Wildman–Crippen MR) is 114 cm³/mol. The van der Waals surface area contributed by atoms with Crippen LogP contribution in [0.3, 0.4) is 0 Å². The molecule has 0 aromatic heterocycles. The Balaban J connectivity index is 2.05. The van der Waals surface area contributed by atoms with Gasteiger partial charge in [0.2, 0.25) is 0 Å². The second-order valence-electron chi connectivity index (χ2n) is 6.34. The highest BCUT2D eigenvalue weighted by Gasteiger charge is 2.41. The molecule has 2 amide bonds. The highest BCUT2D eigenvalue weighted by Crippen LogP contribution is 2.41. The van der Waals surface area contributed by atoms with Crippen LogP contribution in [0, 0.1) is 10.1 Å². The number of nitro benzene ring substituents is 1. The van der Waals surface area contributed by atoms with Crippen LogP contribution in [-0.4, -0.2) is 40.8 Å². The molecule has 0 unspecified atom stereocenters. The Bertz CT molecular complexity index is 1000. The Morgan fingerprint density at radius 1 is 1.10 bits per heavy atom. The van der Waals surface area contributed by atoms with Crippen LogP contribution < -0.4 is 9.64 Å². The number of benzene rings is 2. The number of rotatable bonds is 9. The van der Waals surface area contributed by atoms with E-state index in [1.807, 2.05) is 6.92 Å². The number of carbonyl (C=O) groups excluding carboxylic acids is 2. The molecule has 30 heavy (non-hydrogen) atoms. The highest BCUT2D eigenvalue weighted by molar-refractivity contribution is 8.04. The van der Waals surface area contributed by atoms with Gasteiger partial charge in [-0.25, -0.2) is 4.90 Å². The Hall–Kier alpha value is -3.17. The number of ether oxygens (including phenoxy) is 1. The molecule has 156 valence electrons. The van der Waals surface area contributed by atoms with Gasteiger partial charge in [0.05, 0.1) is 34.3 Å². The van der Waals surface area contributed by atoms with E-state index < -0.39 is 16.7 Å². The lowest BCUT2D eigenvalue weighted by Crippen LogP contribution is -2.31. The largest absolute Gasteiger partial charge is 0.491 e. The van der Waals surface area contributed by atoms with Crippen molar-refractivity contribution < 1.29 is 24.4 Å². The third-order valence-electron chi connectivity index (χ3n) is 4.31. The molecule has 0 saturated heterocycles. The number of amides is 2. The Morgan fingerprint density at radius 2 is 1.80 bits per heavy atom. The van der Waals surface area contributed by atoms with Gasteiger partial charge in [0, 0.05) is 17.9 Å². The van der Waals surface area contributed by atoms with Crippen molar-refractivity contribution in [3.05, 3.63) is 69.1 Å². The third-order valence-corrected chi connectivity index (χ3v) is 5.37. The molecule has 8 nitrogen and oxygen atoms in total. The number of hydrogen-bond acceptors (Lipinski definition) is 7. The normalized spacial score (nSPS) is 13.9. The van der Waals surface area contributed by atoms with Crippen molar-refractivity contribution in [2.24, 2.45) is 0 Å². The van der Waals surface area contributed by atoms with Crippen LogP contribution in [0.5, 0.6) is 5.75 Å². The molecule has 2 aromatic rings. The van der Waals surface area contributed by atoms with Crippen LogP contribution in [0.15, 0.2) is 53.4 Å². The summed E-state index contributed by atoms with van der Waals surface area (Å²) < 4.78 is 5.71. The van der Waals surface area contributed by atoms with E-state index in [0.717, 1.165) is 23.1 Å². The van der Waals surface area contributed by atoms with E-state index in [1.165, 1.54) is 24.3 Å². The number of nitrogens with zero attached hydrogens (tertiary/aromatic N) is 2. The maximum absolute atomic E-state index is 13.3. The van der Waals surface area contributed by atoms with Crippen molar-refractivity contribution in [2.45, 2.75) is 13.3 Å². The lowest BCUT2D eigenvalue weighted by Gasteiger charge is -2.19. The zero-order valence-corrected chi connectivity index (χ0v) is 17.1. The van der Waals surface area contributed by atoms with Gasteiger partial charge in [0.15, 0.2) is 0 Å². The summed E-state index contributed by atoms with van der Waals surface area (Å²) in [5, 5.41) is 20.1. The second kappa shape index (κ2) is 9.55. The zero-order chi connectivity index (χ0) is 21.7. The minimum atomic E-state index is -0.540. The number of carbonyl (C=O) groups is 2. The molecule has 0 bridgehead atoms. The monoisotopic (exact) mass is 428 g/mol. The van der Waals surface area contributed by atoms with Crippen molar-refractivity contribution in [1.82, 2.24) is 0 Å². The lowest BCUT2D eigenvalue weighted by molar-refractivity contribution is -0.384. The molecule has 0 saturated carbocycles. The Labute approximate surface area is 177 Å². The number of hydrogen-bond donors (Lipinski definition) is 1. The van der Waals surface area contributed by atoms with E-state index in [0.29, 0.717) is 23.6 Å². The first kappa shape index (κ1) is 21.5. The molecule has 1 aliphatic rings. The molecule has 9 heteroatoms. The van der Waals surface area contributed by atoms with Crippen LogP contribution in [0.25, 0.3) is 5.57 Å². The van der Waals surface area contributed by atoms with Gasteiger partial charge in [-0.3, -0.25) is 19.7 Å². The maximum Gasteiger partial charge on any atom is 0.272 e. The van der Waals surface area contributed by atoms with E-state index in [2.05, 4.69) is 0 Å². The van der Waals surface area contributed by atoms with Crippen molar-refractivity contribution in [3.8, 4) is 5.75 Å². The van der Waals surface area contributed by atoms with E-state index in [-0.39, 0.29) is 28.5 Å². The summed E-state index contributed by atoms with van der Waals surface area (Å²) in [5.74, 6) is -0.411. The molecule has 3 rings (SSSR count). The fourth-order valence-electron chi connectivity index (χ4n) is 2.99. The topological polar surface area (TPSA) is 110 Å². The van der Waals surface area contributed by atoms with Crippen LogP contribution in [-0.2, 0) is 9.59 Å². The number of aliphatic hydroxyl groups is 1. The summed E-state index contributed by atoms with van der Waals surface area (Å²) in [4.78, 5) is 38.2. The number of para-hydroxylation sites is 2. The van der Waals surface area contributed by atoms with Crippen LogP contribution in [0.2, 0.25) is 0 Å². The zero-order valence-electron chi connectivity index (χ0n) is 16.2. The molecule has 0 radical (unpaired) electrons. The molecule has 0 aliphatic carbocycles. The van der Waals surface area contributed by atoms with Gasteiger partial charge in [-0.15, -0.1) is 11.8 Å². The van der Waals surface area contributed by atoms with Gasteiger partial charge in [0.25, 0.3) is 17.5 Å². The summed E-state index contributed by atoms with van der Waals surface area (Å²) in [6.07, 6.45) is 0.764. The molecule has 2 aromatic carbocycles. The second-order valence-corrected chi connectivity index (χ2v) is 7.45. The van der Waals surface area contributed by atoms with Crippen LogP contribution in [0.4, 0.5) is 11.4 Å². The predicted octanol–water partition coefficient (Wildman–Crippen LogP) is 3.39. The number of non-ortho nitro benzene ring substituents is 1. The summed E-state index contributed by atoms with van der Waals surface area (Å²) in [7, 11) is 0. The molecule has 0 fully saturated rings. The van der Waals surface area contributed by atoms with Crippen LogP contribution in [0.1, 0.15) is 18.9 Å². The molecule has 0 atom stereocenters. The molecular weight excluding hydrogens is 408 g/mol. The number of anilines is 1. The summed E-state index contributed by atoms with van der Waals surface area (Å²) >= 11 is 1.07. The summed E-state index contributed by atoms with van der Waals surface area (Å²) in [6, 6.07) is 12.3. The quantitative estimate of drug-likeness (QED) is 0.370. The van der Waals surface area contributed by atoms with E-state index in [9.17, 15) is 24.8 Å². The fourth-order valence-corrected chi connectivity index (χ4v) is 3.85. The van der Waals surface area contributed by atoms with Crippen molar-refractivity contribution >= 4 is 40.5 Å². The minimum Gasteiger partial charge on any atom is -0.491 e. The highest BCUT2D eigenvalue weighted by atomic mass is 32.2. The number of imide groups is 1. The fraction of sp³-hybridized carbons (Fsp3) is 0.238. The van der Waals surface area contributed by atoms with E-state index in [1.54, 1.807) is 24.3 Å². The van der Waals surface area contributed by atoms with Gasteiger partial charge in [-0.1, -0.05) is 19.1 Å². The summed E-state index contributed by atoms with van der Waals surface area (Å²) in [5.41, 5.74) is 0.767. The average Bonchev–Trinajstić information content (AvgIpc) is 3.00. The first-order valence-corrected chi connectivity index (χ1v) is 10.3. The van der Waals surface area contributed by atoms with E-state index in [4.69, 9.17) is 4.74 Å². The van der Waals surface area contributed by atoms with Gasteiger partial charge >= 0.3 is 0 Å². The van der Waals surface area contributed by atoms with Crippen molar-refractivity contribution in [2.75, 3.05) is 23.9 Å². The summed E-state index contributed by atoms with van der Waals surface area (Å²) in [6.45, 7) is 2.22. The number of nitro groups is 1. The number of aliphatic hydroxyl groups excluding tert-OH is 1. The van der Waals surface area contributed by atoms with Gasteiger partial charge in [0.1, 0.15) is 5.75 Å². The molecule has 1 aliphatic heterocycles. The third kappa shape index (κ3) is 4.22. The number of thioether (sulfide) groups is 1. The molecule has 0 spiro atoms. The SMILES string of the molecule is CCCOc1ccccc1N1C(=O)C(SCCO)=C(c2ccc([N+](=O)[O-])cc2)C1=O. The standard InChI is InChI=1S/C21H20N2O6S/c1-2-12-29-17-6-4-3-5-16(17)22-20(25)18(19(21(22)26)30-13-11-24)14-7-9-15(10-8-14)23(27)28/h3-10,24H,2,11-13H2,1H3. The van der Waals surface area contributed by atoms with Gasteiger partial charge in [-0.2, -0.15) is 0 Å².